The molecule has 0 spiro atoms. The number of amides is 1. The summed E-state index contributed by atoms with van der Waals surface area (Å²) in [4.78, 5) is 39.3. The smallest absolute Gasteiger partial charge is 0.304 e. The van der Waals surface area contributed by atoms with Crippen LogP contribution in [0, 0.1) is 0 Å². The molecule has 1 saturated heterocycles. The van der Waals surface area contributed by atoms with E-state index in [4.69, 9.17) is 11.6 Å². The Morgan fingerprint density at radius 1 is 0.882 bits per heavy atom. The van der Waals surface area contributed by atoms with Gasteiger partial charge in [0, 0.05) is 23.0 Å². The second kappa shape index (κ2) is 9.93. The summed E-state index contributed by atoms with van der Waals surface area (Å²) in [6.07, 6.45) is -0.223. The van der Waals surface area contributed by atoms with Crippen molar-refractivity contribution in [2.75, 3.05) is 6.54 Å². The Morgan fingerprint density at radius 2 is 1.47 bits per heavy atom. The molecule has 3 aromatic carbocycles. The van der Waals surface area contributed by atoms with Gasteiger partial charge in [0.1, 0.15) is 5.76 Å². The lowest BCUT2D eigenvalue weighted by atomic mass is 9.92. The maximum Gasteiger partial charge on any atom is 0.304 e. The lowest BCUT2D eigenvalue weighted by Gasteiger charge is -2.29. The fourth-order valence-corrected chi connectivity index (χ4v) is 4.40. The summed E-state index contributed by atoms with van der Waals surface area (Å²) in [7, 11) is 0. The first-order chi connectivity index (χ1) is 16.4. The molecule has 6 nitrogen and oxygen atoms in total. The maximum atomic E-state index is 13.2. The molecule has 1 aliphatic rings. The third-order valence-electron chi connectivity index (χ3n) is 5.88. The molecule has 3 aromatic rings. The zero-order chi connectivity index (χ0) is 24.2. The molecule has 0 bridgehead atoms. The summed E-state index contributed by atoms with van der Waals surface area (Å²) in [5, 5.41) is 21.1. The molecular formula is C27H22ClNO5. The number of hydrogen-bond acceptors (Lipinski definition) is 4. The van der Waals surface area contributed by atoms with Gasteiger partial charge in [0.25, 0.3) is 11.7 Å². The zero-order valence-corrected chi connectivity index (χ0v) is 18.9. The Bertz CT molecular complexity index is 1240. The van der Waals surface area contributed by atoms with Crippen molar-refractivity contribution in [3.05, 3.63) is 112 Å². The SMILES string of the molecule is O=C(O)CC(CN1C(=O)C(=O)C(=C(O)c2ccccc2)C1c1ccc(Cl)cc1)c1ccccc1. The summed E-state index contributed by atoms with van der Waals surface area (Å²) in [6.45, 7) is -0.0141. The van der Waals surface area contributed by atoms with Crippen molar-refractivity contribution in [1.82, 2.24) is 4.90 Å². The highest BCUT2D eigenvalue weighted by Gasteiger charge is 2.46. The van der Waals surface area contributed by atoms with Crippen molar-refractivity contribution < 1.29 is 24.6 Å². The molecular weight excluding hydrogens is 454 g/mol. The van der Waals surface area contributed by atoms with Crippen molar-refractivity contribution in [3.8, 4) is 0 Å². The van der Waals surface area contributed by atoms with Crippen molar-refractivity contribution in [2.45, 2.75) is 18.4 Å². The van der Waals surface area contributed by atoms with Gasteiger partial charge in [0.2, 0.25) is 0 Å². The molecule has 0 aliphatic carbocycles. The minimum Gasteiger partial charge on any atom is -0.507 e. The number of carboxylic acids is 1. The van der Waals surface area contributed by atoms with Crippen molar-refractivity contribution in [1.29, 1.82) is 0 Å². The number of rotatable bonds is 7. The molecule has 1 aliphatic heterocycles. The van der Waals surface area contributed by atoms with Gasteiger partial charge in [-0.25, -0.2) is 0 Å². The Balaban J connectivity index is 1.83. The lowest BCUT2D eigenvalue weighted by molar-refractivity contribution is -0.141. The summed E-state index contributed by atoms with van der Waals surface area (Å²) in [6, 6.07) is 23.3. The van der Waals surface area contributed by atoms with Crippen LogP contribution in [0.4, 0.5) is 0 Å². The van der Waals surface area contributed by atoms with Gasteiger partial charge in [-0.15, -0.1) is 0 Å². The topological polar surface area (TPSA) is 94.9 Å². The number of carbonyl (C=O) groups is 3. The Hall–Kier alpha value is -3.90. The minimum atomic E-state index is -1.02. The van der Waals surface area contributed by atoms with Crippen LogP contribution in [0.15, 0.2) is 90.5 Å². The Labute approximate surface area is 201 Å². The van der Waals surface area contributed by atoms with E-state index in [1.165, 1.54) is 4.90 Å². The molecule has 2 atom stereocenters. The number of aliphatic hydroxyl groups is 1. The normalized spacial score (nSPS) is 18.1. The van der Waals surface area contributed by atoms with E-state index in [1.807, 2.05) is 6.07 Å². The van der Waals surface area contributed by atoms with Crippen LogP contribution in [0.2, 0.25) is 5.02 Å². The van der Waals surface area contributed by atoms with Crippen LogP contribution in [0.3, 0.4) is 0 Å². The van der Waals surface area contributed by atoms with Gasteiger partial charge >= 0.3 is 5.97 Å². The van der Waals surface area contributed by atoms with Crippen LogP contribution in [0.5, 0.6) is 0 Å². The van der Waals surface area contributed by atoms with E-state index in [-0.39, 0.29) is 24.3 Å². The predicted octanol–water partition coefficient (Wildman–Crippen LogP) is 5.02. The quantitative estimate of drug-likeness (QED) is 0.284. The molecule has 2 unspecified atom stereocenters. The number of aliphatic carboxylic acids is 1. The predicted molar refractivity (Wildman–Crippen MR) is 128 cm³/mol. The largest absolute Gasteiger partial charge is 0.507 e. The number of Topliss-reactive ketones (excluding diaryl/α,β-unsaturated/α-hetero) is 1. The molecule has 172 valence electrons. The third-order valence-corrected chi connectivity index (χ3v) is 6.13. The van der Waals surface area contributed by atoms with Gasteiger partial charge in [-0.1, -0.05) is 84.4 Å². The van der Waals surface area contributed by atoms with Crippen molar-refractivity contribution >= 4 is 35.0 Å². The van der Waals surface area contributed by atoms with Crippen LogP contribution in [0.1, 0.15) is 35.1 Å². The van der Waals surface area contributed by atoms with Gasteiger partial charge in [-0.2, -0.15) is 0 Å². The highest BCUT2D eigenvalue weighted by atomic mass is 35.5. The lowest BCUT2D eigenvalue weighted by Crippen LogP contribution is -2.34. The van der Waals surface area contributed by atoms with Crippen LogP contribution >= 0.6 is 11.6 Å². The van der Waals surface area contributed by atoms with Gasteiger partial charge in [0.05, 0.1) is 18.0 Å². The average Bonchev–Trinajstić information content (AvgIpc) is 3.09. The standard InChI is InChI=1S/C27H22ClNO5/c28-21-13-11-18(12-14-21)24-23(25(32)19-9-5-2-6-10-19)26(33)27(34)29(24)16-20(15-22(30)31)17-7-3-1-4-8-17/h1-14,20,24,32H,15-16H2,(H,30,31). The Kier molecular flexibility index (Phi) is 6.80. The van der Waals surface area contributed by atoms with Crippen LogP contribution in [-0.2, 0) is 14.4 Å². The summed E-state index contributed by atoms with van der Waals surface area (Å²) >= 11 is 6.05. The molecule has 34 heavy (non-hydrogen) atoms. The molecule has 1 fully saturated rings. The second-order valence-corrected chi connectivity index (χ2v) is 8.51. The summed E-state index contributed by atoms with van der Waals surface area (Å²) in [5.41, 5.74) is 1.69. The molecule has 0 saturated carbocycles. The first-order valence-corrected chi connectivity index (χ1v) is 11.1. The van der Waals surface area contributed by atoms with Crippen LogP contribution < -0.4 is 0 Å². The fourth-order valence-electron chi connectivity index (χ4n) is 4.27. The Morgan fingerprint density at radius 3 is 2.06 bits per heavy atom. The van der Waals surface area contributed by atoms with Gasteiger partial charge < -0.3 is 15.1 Å². The van der Waals surface area contributed by atoms with Crippen LogP contribution in [-0.4, -0.2) is 39.3 Å². The van der Waals surface area contributed by atoms with Crippen molar-refractivity contribution in [2.24, 2.45) is 0 Å². The molecule has 7 heteroatoms. The monoisotopic (exact) mass is 475 g/mol. The average molecular weight is 476 g/mol. The van der Waals surface area contributed by atoms with E-state index in [0.717, 1.165) is 5.56 Å². The van der Waals surface area contributed by atoms with E-state index < -0.39 is 29.6 Å². The van der Waals surface area contributed by atoms with Crippen LogP contribution in [0.25, 0.3) is 5.76 Å². The number of ketones is 1. The number of nitrogens with zero attached hydrogens (tertiary/aromatic N) is 1. The minimum absolute atomic E-state index is 0.0141. The number of carboxylic acid groups (broad SMARTS) is 1. The highest BCUT2D eigenvalue weighted by molar-refractivity contribution is 6.46. The number of benzene rings is 3. The number of halogens is 1. The van der Waals surface area contributed by atoms with E-state index in [0.29, 0.717) is 16.1 Å². The highest BCUT2D eigenvalue weighted by Crippen LogP contribution is 2.41. The molecule has 1 heterocycles. The first kappa shape index (κ1) is 23.3. The molecule has 4 rings (SSSR count). The molecule has 0 radical (unpaired) electrons. The fraction of sp³-hybridized carbons (Fsp3) is 0.148. The molecule has 1 amide bonds. The number of carbonyl (C=O) groups excluding carboxylic acids is 2. The number of likely N-dealkylation sites (tertiary alicyclic amines) is 1. The zero-order valence-electron chi connectivity index (χ0n) is 18.1. The third kappa shape index (κ3) is 4.72. The van der Waals surface area contributed by atoms with Crippen molar-refractivity contribution in [3.63, 3.8) is 0 Å². The molecule has 0 aromatic heterocycles. The molecule has 2 N–H and O–H groups in total. The van der Waals surface area contributed by atoms with E-state index in [1.54, 1.807) is 78.9 Å². The van der Waals surface area contributed by atoms with Gasteiger partial charge in [-0.3, -0.25) is 14.4 Å². The number of hydrogen-bond donors (Lipinski definition) is 2. The van der Waals surface area contributed by atoms with E-state index in [9.17, 15) is 24.6 Å². The van der Waals surface area contributed by atoms with Gasteiger partial charge in [0.15, 0.2) is 0 Å². The summed E-state index contributed by atoms with van der Waals surface area (Å²) in [5.74, 6) is -3.45. The number of aliphatic hydroxyl groups excluding tert-OH is 1. The summed E-state index contributed by atoms with van der Waals surface area (Å²) < 4.78 is 0. The first-order valence-electron chi connectivity index (χ1n) is 10.7. The van der Waals surface area contributed by atoms with E-state index >= 15 is 0 Å². The second-order valence-electron chi connectivity index (χ2n) is 8.07. The maximum absolute atomic E-state index is 13.2. The van der Waals surface area contributed by atoms with Gasteiger partial charge in [-0.05, 0) is 23.3 Å². The van der Waals surface area contributed by atoms with E-state index in [2.05, 4.69) is 0 Å².